The van der Waals surface area contributed by atoms with Crippen molar-refractivity contribution in [2.45, 2.75) is 0 Å². The van der Waals surface area contributed by atoms with Gasteiger partial charge in [0.1, 0.15) is 0 Å². The lowest BCUT2D eigenvalue weighted by Crippen LogP contribution is -1.97. The minimum atomic E-state index is 0.557. The number of para-hydroxylation sites is 2. The van der Waals surface area contributed by atoms with E-state index in [0.29, 0.717) is 16.9 Å². The van der Waals surface area contributed by atoms with Crippen LogP contribution in [0.4, 0.5) is 11.4 Å². The largest absolute Gasteiger partial charge is 0.311 e. The van der Waals surface area contributed by atoms with E-state index in [1.54, 1.807) is 0 Å². The molecule has 0 saturated carbocycles. The third-order valence-corrected chi connectivity index (χ3v) is 9.59. The van der Waals surface area contributed by atoms with Gasteiger partial charge in [0, 0.05) is 44.0 Å². The molecule has 0 aliphatic rings. The first-order valence-electron chi connectivity index (χ1n) is 16.2. The van der Waals surface area contributed by atoms with Crippen LogP contribution >= 0.6 is 0 Å². The lowest BCUT2D eigenvalue weighted by molar-refractivity contribution is 1.18. The summed E-state index contributed by atoms with van der Waals surface area (Å²) in [5, 5.41) is 13.9. The van der Waals surface area contributed by atoms with E-state index in [1.165, 1.54) is 0 Å². The Labute approximate surface area is 288 Å². The van der Waals surface area contributed by atoms with Crippen molar-refractivity contribution in [3.05, 3.63) is 180 Å². The predicted molar refractivity (Wildman–Crippen MR) is 203 cm³/mol. The molecule has 0 unspecified atom stereocenters. The summed E-state index contributed by atoms with van der Waals surface area (Å²) < 4.78 is 4.44. The average Bonchev–Trinajstić information content (AvgIpc) is 3.69. The van der Waals surface area contributed by atoms with Gasteiger partial charge in [-0.15, -0.1) is 0 Å². The number of hydrogen-bond donors (Lipinski definition) is 0. The van der Waals surface area contributed by atoms with Gasteiger partial charge < -0.3 is 9.13 Å². The van der Waals surface area contributed by atoms with Crippen molar-refractivity contribution in [3.8, 4) is 39.7 Å². The second-order valence-electron chi connectivity index (χ2n) is 12.3. The average molecular weight is 636 g/mol. The Morgan fingerprint density at radius 3 is 1.72 bits per heavy atom. The van der Waals surface area contributed by atoms with E-state index in [0.717, 1.165) is 77.2 Å². The van der Waals surface area contributed by atoms with Gasteiger partial charge in [0.15, 0.2) is 11.4 Å². The first kappa shape index (κ1) is 28.8. The number of benzene rings is 7. The van der Waals surface area contributed by atoms with Gasteiger partial charge in [0.25, 0.3) is 0 Å². The number of aromatic nitrogens is 2. The summed E-state index contributed by atoms with van der Waals surface area (Å²) in [6.07, 6.45) is 0. The molecule has 0 saturated heterocycles. The first-order chi connectivity index (χ1) is 24.6. The monoisotopic (exact) mass is 635 g/mol. The van der Waals surface area contributed by atoms with Gasteiger partial charge in [0.2, 0.25) is 0 Å². The molecule has 9 rings (SSSR count). The summed E-state index contributed by atoms with van der Waals surface area (Å²) >= 11 is 0. The molecule has 0 aliphatic heterocycles. The van der Waals surface area contributed by atoms with Crippen molar-refractivity contribution in [3.63, 3.8) is 0 Å². The fourth-order valence-electron chi connectivity index (χ4n) is 7.27. The predicted octanol–water partition coefficient (Wildman–Crippen LogP) is 12.2. The van der Waals surface area contributed by atoms with Crippen LogP contribution in [0.15, 0.2) is 152 Å². The number of nitriles is 1. The minimum Gasteiger partial charge on any atom is -0.311 e. The van der Waals surface area contributed by atoms with Crippen LogP contribution < -0.4 is 0 Å². The van der Waals surface area contributed by atoms with Crippen LogP contribution in [0.25, 0.3) is 86.9 Å². The zero-order valence-corrected chi connectivity index (χ0v) is 26.7. The van der Waals surface area contributed by atoms with E-state index in [4.69, 9.17) is 13.1 Å². The van der Waals surface area contributed by atoms with Crippen LogP contribution in [-0.2, 0) is 0 Å². The molecule has 9 aromatic rings. The third kappa shape index (κ3) is 4.45. The molecule has 50 heavy (non-hydrogen) atoms. The summed E-state index contributed by atoms with van der Waals surface area (Å²) in [5.41, 5.74) is 12.1. The fraction of sp³-hybridized carbons (Fsp3) is 0. The number of fused-ring (bicyclic) bond motifs is 6. The SMILES string of the molecule is [C-]#[N+]c1ccc(-c2ccc(-c3ccc(-n4c5ccccc5c5cc(C#N)ccc54)cc3)cc2)c(-n2c3ccccc3c3ccc([N+]#[C-])cc32)c1. The van der Waals surface area contributed by atoms with Crippen LogP contribution in [-0.4, -0.2) is 9.13 Å². The van der Waals surface area contributed by atoms with Crippen molar-refractivity contribution < 1.29 is 0 Å². The van der Waals surface area contributed by atoms with Crippen LogP contribution in [0.3, 0.4) is 0 Å². The lowest BCUT2D eigenvalue weighted by Gasteiger charge is -2.15. The highest BCUT2D eigenvalue weighted by Crippen LogP contribution is 2.40. The molecule has 2 heterocycles. The quantitative estimate of drug-likeness (QED) is 0.177. The Bertz CT molecular complexity index is 2940. The summed E-state index contributed by atoms with van der Waals surface area (Å²) in [4.78, 5) is 7.47. The van der Waals surface area contributed by atoms with E-state index in [-0.39, 0.29) is 0 Å². The molecule has 0 N–H and O–H groups in total. The molecule has 7 aromatic carbocycles. The number of hydrogen-bond acceptors (Lipinski definition) is 1. The van der Waals surface area contributed by atoms with Crippen molar-refractivity contribution in [1.29, 1.82) is 5.26 Å². The Morgan fingerprint density at radius 2 is 1.02 bits per heavy atom. The van der Waals surface area contributed by atoms with Gasteiger partial charge in [-0.25, -0.2) is 9.69 Å². The highest BCUT2D eigenvalue weighted by Gasteiger charge is 2.17. The van der Waals surface area contributed by atoms with Gasteiger partial charge in [-0.1, -0.05) is 97.1 Å². The molecule has 0 aliphatic carbocycles. The van der Waals surface area contributed by atoms with Gasteiger partial charge in [-0.3, -0.25) is 0 Å². The van der Waals surface area contributed by atoms with E-state index in [9.17, 15) is 5.26 Å². The Hall–Kier alpha value is -7.39. The molecule has 0 radical (unpaired) electrons. The van der Waals surface area contributed by atoms with Crippen molar-refractivity contribution in [1.82, 2.24) is 9.13 Å². The molecule has 5 nitrogen and oxygen atoms in total. The maximum absolute atomic E-state index is 9.51. The lowest BCUT2D eigenvalue weighted by atomic mass is 9.98. The van der Waals surface area contributed by atoms with Crippen molar-refractivity contribution in [2.75, 3.05) is 0 Å². The maximum atomic E-state index is 9.51. The zero-order chi connectivity index (χ0) is 33.8. The molecular weight excluding hydrogens is 611 g/mol. The summed E-state index contributed by atoms with van der Waals surface area (Å²) in [6.45, 7) is 15.4. The van der Waals surface area contributed by atoms with E-state index < -0.39 is 0 Å². The van der Waals surface area contributed by atoms with Crippen LogP contribution in [0.1, 0.15) is 5.56 Å². The van der Waals surface area contributed by atoms with Gasteiger partial charge in [-0.2, -0.15) is 5.26 Å². The molecule has 0 amide bonds. The van der Waals surface area contributed by atoms with E-state index >= 15 is 0 Å². The van der Waals surface area contributed by atoms with Crippen molar-refractivity contribution in [2.24, 2.45) is 0 Å². The van der Waals surface area contributed by atoms with Gasteiger partial charge >= 0.3 is 0 Å². The summed E-state index contributed by atoms with van der Waals surface area (Å²) in [7, 11) is 0. The van der Waals surface area contributed by atoms with Crippen molar-refractivity contribution >= 4 is 55.0 Å². The molecular formula is C45H25N5. The van der Waals surface area contributed by atoms with E-state index in [1.807, 2.05) is 78.9 Å². The topological polar surface area (TPSA) is 42.4 Å². The van der Waals surface area contributed by atoms with Crippen LogP contribution in [0, 0.1) is 24.5 Å². The second-order valence-corrected chi connectivity index (χ2v) is 12.3. The van der Waals surface area contributed by atoms with Gasteiger partial charge in [0.05, 0.1) is 41.3 Å². The maximum Gasteiger partial charge on any atom is 0.189 e. The molecule has 0 spiro atoms. The molecule has 2 aromatic heterocycles. The minimum absolute atomic E-state index is 0.557. The Balaban J connectivity index is 1.12. The van der Waals surface area contributed by atoms with Crippen LogP contribution in [0.5, 0.6) is 0 Å². The normalized spacial score (nSPS) is 11.1. The summed E-state index contributed by atoms with van der Waals surface area (Å²) in [5.74, 6) is 0. The molecule has 230 valence electrons. The smallest absolute Gasteiger partial charge is 0.189 e. The highest BCUT2D eigenvalue weighted by atomic mass is 15.0. The standard InChI is InChI=1S/C45H25N5/c1-47-33-18-22-36(44(26-33)50-42-10-6-3-7-37(42)39-23-19-34(48-2)27-45(39)50)32-14-12-30(13-15-32)31-16-20-35(21-17-31)49-41-9-5-4-8-38(41)40-25-29(28-46)11-24-43(40)49/h3-27H. The number of rotatable bonds is 4. The molecule has 0 atom stereocenters. The molecule has 0 fully saturated rings. The van der Waals surface area contributed by atoms with E-state index in [2.05, 4.69) is 97.7 Å². The molecule has 5 heteroatoms. The van der Waals surface area contributed by atoms with Gasteiger partial charge in [-0.05, 0) is 71.3 Å². The zero-order valence-electron chi connectivity index (χ0n) is 26.7. The fourth-order valence-corrected chi connectivity index (χ4v) is 7.27. The molecule has 0 bridgehead atoms. The first-order valence-corrected chi connectivity index (χ1v) is 16.2. The number of nitrogens with zero attached hydrogens (tertiary/aromatic N) is 5. The third-order valence-electron chi connectivity index (χ3n) is 9.59. The van der Waals surface area contributed by atoms with Crippen LogP contribution in [0.2, 0.25) is 0 Å². The Morgan fingerprint density at radius 1 is 0.460 bits per heavy atom. The second kappa shape index (κ2) is 11.4. The Kier molecular flexibility index (Phi) is 6.56. The highest BCUT2D eigenvalue weighted by molar-refractivity contribution is 6.11. The summed E-state index contributed by atoms with van der Waals surface area (Å²) in [6, 6.07) is 53.5.